The van der Waals surface area contributed by atoms with Gasteiger partial charge in [-0.25, -0.2) is 0 Å². The van der Waals surface area contributed by atoms with E-state index >= 15 is 0 Å². The maximum absolute atomic E-state index is 5.70. The SMILES string of the molecule is CCOCCc1nnc2ccc(N)cn12. The van der Waals surface area contributed by atoms with Gasteiger partial charge >= 0.3 is 0 Å². The molecule has 0 saturated carbocycles. The second kappa shape index (κ2) is 4.27. The third kappa shape index (κ3) is 2.07. The van der Waals surface area contributed by atoms with Crippen molar-refractivity contribution < 1.29 is 4.74 Å². The molecule has 2 aromatic rings. The van der Waals surface area contributed by atoms with E-state index in [0.29, 0.717) is 12.3 Å². The quantitative estimate of drug-likeness (QED) is 0.754. The van der Waals surface area contributed by atoms with Gasteiger partial charge in [0.2, 0.25) is 0 Å². The normalized spacial score (nSPS) is 11.0. The molecular formula is C10H14N4O. The van der Waals surface area contributed by atoms with Gasteiger partial charge in [-0.3, -0.25) is 4.40 Å². The lowest BCUT2D eigenvalue weighted by molar-refractivity contribution is 0.149. The average Bonchev–Trinajstić information content (AvgIpc) is 2.62. The molecule has 5 nitrogen and oxygen atoms in total. The minimum Gasteiger partial charge on any atom is -0.398 e. The average molecular weight is 206 g/mol. The highest BCUT2D eigenvalue weighted by molar-refractivity contribution is 5.47. The van der Waals surface area contributed by atoms with E-state index in [1.165, 1.54) is 0 Å². The first-order valence-electron chi connectivity index (χ1n) is 4.98. The van der Waals surface area contributed by atoms with E-state index in [0.717, 1.165) is 24.5 Å². The van der Waals surface area contributed by atoms with Crippen molar-refractivity contribution in [1.29, 1.82) is 0 Å². The third-order valence-corrected chi connectivity index (χ3v) is 2.17. The molecule has 0 aliphatic rings. The molecule has 2 rings (SSSR count). The molecule has 0 saturated heterocycles. The maximum Gasteiger partial charge on any atom is 0.160 e. The van der Waals surface area contributed by atoms with Crippen LogP contribution >= 0.6 is 0 Å². The van der Waals surface area contributed by atoms with E-state index in [2.05, 4.69) is 10.2 Å². The zero-order valence-corrected chi connectivity index (χ0v) is 8.68. The van der Waals surface area contributed by atoms with Crippen molar-refractivity contribution in [3.05, 3.63) is 24.2 Å². The molecule has 0 unspecified atom stereocenters. The molecule has 0 bridgehead atoms. The number of hydrogen-bond acceptors (Lipinski definition) is 4. The summed E-state index contributed by atoms with van der Waals surface area (Å²) in [6.45, 7) is 3.35. The lowest BCUT2D eigenvalue weighted by Gasteiger charge is -2.01. The Kier molecular flexibility index (Phi) is 2.82. The predicted molar refractivity (Wildman–Crippen MR) is 57.6 cm³/mol. The van der Waals surface area contributed by atoms with Crippen LogP contribution in [-0.2, 0) is 11.2 Å². The second-order valence-corrected chi connectivity index (χ2v) is 3.25. The van der Waals surface area contributed by atoms with Crippen LogP contribution in [0.15, 0.2) is 18.3 Å². The number of aromatic nitrogens is 3. The Labute approximate surface area is 87.9 Å². The highest BCUT2D eigenvalue weighted by Crippen LogP contribution is 2.08. The van der Waals surface area contributed by atoms with Crippen LogP contribution in [0, 0.1) is 0 Å². The second-order valence-electron chi connectivity index (χ2n) is 3.25. The van der Waals surface area contributed by atoms with Crippen LogP contribution in [0.5, 0.6) is 0 Å². The molecule has 0 atom stereocenters. The lowest BCUT2D eigenvalue weighted by Crippen LogP contribution is -2.02. The predicted octanol–water partition coefficient (Wildman–Crippen LogP) is 0.890. The largest absolute Gasteiger partial charge is 0.398 e. The zero-order valence-electron chi connectivity index (χ0n) is 8.68. The highest BCUT2D eigenvalue weighted by Gasteiger charge is 2.04. The fourth-order valence-electron chi connectivity index (χ4n) is 1.43. The summed E-state index contributed by atoms with van der Waals surface area (Å²) in [4.78, 5) is 0. The van der Waals surface area contributed by atoms with Gasteiger partial charge in [0.15, 0.2) is 5.65 Å². The van der Waals surface area contributed by atoms with Crippen LogP contribution in [0.25, 0.3) is 5.65 Å². The Morgan fingerprint density at radius 1 is 1.40 bits per heavy atom. The van der Waals surface area contributed by atoms with Crippen LogP contribution in [-0.4, -0.2) is 27.8 Å². The first-order valence-corrected chi connectivity index (χ1v) is 4.98. The van der Waals surface area contributed by atoms with Gasteiger partial charge in [0, 0.05) is 24.9 Å². The minimum atomic E-state index is 0.659. The van der Waals surface area contributed by atoms with Crippen LogP contribution in [0.3, 0.4) is 0 Å². The van der Waals surface area contributed by atoms with Gasteiger partial charge in [0.25, 0.3) is 0 Å². The Balaban J connectivity index is 2.23. The van der Waals surface area contributed by atoms with E-state index < -0.39 is 0 Å². The summed E-state index contributed by atoms with van der Waals surface area (Å²) in [7, 11) is 0. The fraction of sp³-hybridized carbons (Fsp3) is 0.400. The first-order chi connectivity index (χ1) is 7.31. The number of rotatable bonds is 4. The van der Waals surface area contributed by atoms with E-state index in [4.69, 9.17) is 10.5 Å². The highest BCUT2D eigenvalue weighted by atomic mass is 16.5. The van der Waals surface area contributed by atoms with Gasteiger partial charge in [-0.15, -0.1) is 10.2 Å². The molecule has 80 valence electrons. The topological polar surface area (TPSA) is 65.4 Å². The Morgan fingerprint density at radius 3 is 3.07 bits per heavy atom. The van der Waals surface area contributed by atoms with Gasteiger partial charge < -0.3 is 10.5 Å². The molecular weight excluding hydrogens is 192 g/mol. The summed E-state index contributed by atoms with van der Waals surface area (Å²) < 4.78 is 7.17. The van der Waals surface area contributed by atoms with Crippen molar-refractivity contribution >= 4 is 11.3 Å². The summed E-state index contributed by atoms with van der Waals surface area (Å²) in [5, 5.41) is 8.13. The summed E-state index contributed by atoms with van der Waals surface area (Å²) in [5.74, 6) is 0.880. The van der Waals surface area contributed by atoms with Crippen molar-refractivity contribution in [3.8, 4) is 0 Å². The molecule has 5 heteroatoms. The van der Waals surface area contributed by atoms with E-state index in [-0.39, 0.29) is 0 Å². The standard InChI is InChI=1S/C10H14N4O/c1-2-15-6-5-10-13-12-9-4-3-8(11)7-14(9)10/h3-4,7H,2,5-6,11H2,1H3. The van der Waals surface area contributed by atoms with Crippen molar-refractivity contribution in [2.24, 2.45) is 0 Å². The number of nitrogens with zero attached hydrogens (tertiary/aromatic N) is 3. The summed E-state index contributed by atoms with van der Waals surface area (Å²) in [5.41, 5.74) is 7.22. The molecule has 2 aromatic heterocycles. The molecule has 0 aromatic carbocycles. The van der Waals surface area contributed by atoms with Crippen LogP contribution in [0.1, 0.15) is 12.7 Å². The Bertz CT molecular complexity index is 452. The number of nitrogens with two attached hydrogens (primary N) is 1. The number of hydrogen-bond donors (Lipinski definition) is 1. The molecule has 0 aliphatic heterocycles. The van der Waals surface area contributed by atoms with Crippen LogP contribution in [0.2, 0.25) is 0 Å². The number of nitrogen functional groups attached to an aromatic ring is 1. The molecule has 0 aliphatic carbocycles. The minimum absolute atomic E-state index is 0.659. The number of ether oxygens (including phenoxy) is 1. The summed E-state index contributed by atoms with van der Waals surface area (Å²) in [6.07, 6.45) is 2.58. The number of anilines is 1. The van der Waals surface area contributed by atoms with Crippen LogP contribution < -0.4 is 5.73 Å². The van der Waals surface area contributed by atoms with Crippen molar-refractivity contribution in [3.63, 3.8) is 0 Å². The smallest absolute Gasteiger partial charge is 0.160 e. The van der Waals surface area contributed by atoms with Crippen molar-refractivity contribution in [2.45, 2.75) is 13.3 Å². The molecule has 2 heterocycles. The summed E-state index contributed by atoms with van der Waals surface area (Å²) >= 11 is 0. The van der Waals surface area contributed by atoms with Crippen LogP contribution in [0.4, 0.5) is 5.69 Å². The van der Waals surface area contributed by atoms with E-state index in [1.54, 1.807) is 0 Å². The van der Waals surface area contributed by atoms with Gasteiger partial charge in [-0.05, 0) is 19.1 Å². The van der Waals surface area contributed by atoms with E-state index in [1.807, 2.05) is 29.7 Å². The van der Waals surface area contributed by atoms with Gasteiger partial charge in [0.05, 0.1) is 6.61 Å². The van der Waals surface area contributed by atoms with Crippen molar-refractivity contribution in [1.82, 2.24) is 14.6 Å². The first kappa shape index (κ1) is 9.92. The summed E-state index contributed by atoms with van der Waals surface area (Å²) in [6, 6.07) is 3.67. The molecule has 0 radical (unpaired) electrons. The molecule has 0 fully saturated rings. The molecule has 2 N–H and O–H groups in total. The van der Waals surface area contributed by atoms with Gasteiger partial charge in [-0.2, -0.15) is 0 Å². The van der Waals surface area contributed by atoms with Gasteiger partial charge in [0.1, 0.15) is 5.82 Å². The molecule has 0 spiro atoms. The number of fused-ring (bicyclic) bond motifs is 1. The monoisotopic (exact) mass is 206 g/mol. The maximum atomic E-state index is 5.70. The zero-order chi connectivity index (χ0) is 10.7. The Hall–Kier alpha value is -1.62. The number of pyridine rings is 1. The molecule has 0 amide bonds. The van der Waals surface area contributed by atoms with Gasteiger partial charge in [-0.1, -0.05) is 0 Å². The van der Waals surface area contributed by atoms with E-state index in [9.17, 15) is 0 Å². The fourth-order valence-corrected chi connectivity index (χ4v) is 1.43. The lowest BCUT2D eigenvalue weighted by atomic mass is 10.4. The van der Waals surface area contributed by atoms with Crippen molar-refractivity contribution in [2.75, 3.05) is 18.9 Å². The molecule has 15 heavy (non-hydrogen) atoms. The Morgan fingerprint density at radius 2 is 2.27 bits per heavy atom. The third-order valence-electron chi connectivity index (χ3n) is 2.17.